The van der Waals surface area contributed by atoms with Crippen LogP contribution in [0.25, 0.3) is 10.9 Å². The van der Waals surface area contributed by atoms with Crippen molar-refractivity contribution < 1.29 is 4.74 Å². The molecule has 2 heterocycles. The van der Waals surface area contributed by atoms with Gasteiger partial charge in [-0.15, -0.1) is 0 Å². The van der Waals surface area contributed by atoms with Gasteiger partial charge in [0.15, 0.2) is 0 Å². The van der Waals surface area contributed by atoms with E-state index < -0.39 is 0 Å². The van der Waals surface area contributed by atoms with Crippen molar-refractivity contribution in [2.24, 2.45) is 0 Å². The molecule has 1 N–H and O–H groups in total. The third-order valence-electron chi connectivity index (χ3n) is 3.38. The Kier molecular flexibility index (Phi) is 3.37. The minimum Gasteiger partial charge on any atom is -0.493 e. The molecule has 1 fully saturated rings. The van der Waals surface area contributed by atoms with E-state index in [1.54, 1.807) is 6.33 Å². The molecule has 1 aromatic heterocycles. The van der Waals surface area contributed by atoms with Gasteiger partial charge < -0.3 is 10.1 Å². The van der Waals surface area contributed by atoms with Crippen LogP contribution < -0.4 is 10.1 Å². The van der Waals surface area contributed by atoms with Gasteiger partial charge in [0.2, 0.25) is 0 Å². The second-order valence-electron chi connectivity index (χ2n) is 4.67. The van der Waals surface area contributed by atoms with Crippen LogP contribution in [0.5, 0.6) is 5.75 Å². The van der Waals surface area contributed by atoms with E-state index in [1.807, 2.05) is 24.4 Å². The molecule has 4 nitrogen and oxygen atoms in total. The molecule has 1 unspecified atom stereocenters. The first-order chi connectivity index (χ1) is 8.92. The zero-order valence-electron chi connectivity index (χ0n) is 10.3. The van der Waals surface area contributed by atoms with Crippen molar-refractivity contribution in [2.45, 2.75) is 25.3 Å². The first-order valence-electron chi connectivity index (χ1n) is 6.48. The Hall–Kier alpha value is -1.68. The smallest absolute Gasteiger partial charge is 0.121 e. The van der Waals surface area contributed by atoms with E-state index >= 15 is 0 Å². The van der Waals surface area contributed by atoms with E-state index in [0.29, 0.717) is 6.04 Å². The molecule has 1 aliphatic rings. The van der Waals surface area contributed by atoms with Crippen LogP contribution in [0.3, 0.4) is 0 Å². The largest absolute Gasteiger partial charge is 0.493 e. The topological polar surface area (TPSA) is 47.0 Å². The summed E-state index contributed by atoms with van der Waals surface area (Å²) in [5.74, 6) is 0.888. The van der Waals surface area contributed by atoms with Gasteiger partial charge in [-0.25, -0.2) is 9.97 Å². The van der Waals surface area contributed by atoms with E-state index in [0.717, 1.165) is 36.2 Å². The van der Waals surface area contributed by atoms with E-state index in [2.05, 4.69) is 15.3 Å². The van der Waals surface area contributed by atoms with Gasteiger partial charge in [0, 0.05) is 23.7 Å². The molecular weight excluding hydrogens is 226 g/mol. The molecule has 1 atom stereocenters. The van der Waals surface area contributed by atoms with Crippen LogP contribution >= 0.6 is 0 Å². The highest BCUT2D eigenvalue weighted by molar-refractivity contribution is 5.78. The third kappa shape index (κ3) is 2.59. The maximum atomic E-state index is 5.78. The number of fused-ring (bicyclic) bond motifs is 1. The molecule has 0 amide bonds. The average Bonchev–Trinajstić information content (AvgIpc) is 2.92. The van der Waals surface area contributed by atoms with Crippen molar-refractivity contribution in [1.82, 2.24) is 15.3 Å². The van der Waals surface area contributed by atoms with Gasteiger partial charge in [0.1, 0.15) is 12.1 Å². The predicted molar refractivity (Wildman–Crippen MR) is 70.7 cm³/mol. The van der Waals surface area contributed by atoms with E-state index in [-0.39, 0.29) is 0 Å². The lowest BCUT2D eigenvalue weighted by Crippen LogP contribution is -2.23. The van der Waals surface area contributed by atoms with Gasteiger partial charge >= 0.3 is 0 Å². The van der Waals surface area contributed by atoms with Crippen LogP contribution in [0.1, 0.15) is 19.3 Å². The minimum atomic E-state index is 0.632. The summed E-state index contributed by atoms with van der Waals surface area (Å²) >= 11 is 0. The summed E-state index contributed by atoms with van der Waals surface area (Å²) in [5, 5.41) is 4.52. The highest BCUT2D eigenvalue weighted by Crippen LogP contribution is 2.18. The normalized spacial score (nSPS) is 19.2. The molecule has 0 bridgehead atoms. The van der Waals surface area contributed by atoms with Crippen molar-refractivity contribution in [3.05, 3.63) is 30.7 Å². The fourth-order valence-corrected chi connectivity index (χ4v) is 2.37. The third-order valence-corrected chi connectivity index (χ3v) is 3.38. The summed E-state index contributed by atoms with van der Waals surface area (Å²) in [6.45, 7) is 1.91. The van der Waals surface area contributed by atoms with Crippen LogP contribution in [0.2, 0.25) is 0 Å². The Morgan fingerprint density at radius 2 is 2.39 bits per heavy atom. The fraction of sp³-hybridized carbons (Fsp3) is 0.429. The van der Waals surface area contributed by atoms with Crippen molar-refractivity contribution in [2.75, 3.05) is 13.2 Å². The highest BCUT2D eigenvalue weighted by Gasteiger charge is 2.13. The second kappa shape index (κ2) is 5.31. The predicted octanol–water partition coefficient (Wildman–Crippen LogP) is 2.15. The Morgan fingerprint density at radius 1 is 1.39 bits per heavy atom. The molecule has 0 radical (unpaired) electrons. The van der Waals surface area contributed by atoms with Gasteiger partial charge in [0.05, 0.1) is 12.1 Å². The first kappa shape index (κ1) is 11.4. The number of rotatable bonds is 4. The van der Waals surface area contributed by atoms with Gasteiger partial charge in [-0.1, -0.05) is 0 Å². The Bertz CT molecular complexity index is 523. The Morgan fingerprint density at radius 3 is 3.28 bits per heavy atom. The van der Waals surface area contributed by atoms with E-state index in [9.17, 15) is 0 Å². The summed E-state index contributed by atoms with van der Waals surface area (Å²) in [6.07, 6.45) is 7.01. The second-order valence-corrected chi connectivity index (χ2v) is 4.67. The number of nitrogens with one attached hydrogen (secondary N) is 1. The maximum Gasteiger partial charge on any atom is 0.121 e. The summed E-state index contributed by atoms with van der Waals surface area (Å²) in [7, 11) is 0. The monoisotopic (exact) mass is 243 g/mol. The van der Waals surface area contributed by atoms with E-state index in [1.165, 1.54) is 12.8 Å². The maximum absolute atomic E-state index is 5.78. The molecule has 1 aromatic carbocycles. The Labute approximate surface area is 106 Å². The fourth-order valence-electron chi connectivity index (χ4n) is 2.37. The molecule has 18 heavy (non-hydrogen) atoms. The van der Waals surface area contributed by atoms with Crippen molar-refractivity contribution in [3.8, 4) is 5.75 Å². The molecule has 0 saturated carbocycles. The number of hydrogen-bond donors (Lipinski definition) is 1. The Balaban J connectivity index is 1.60. The lowest BCUT2D eigenvalue weighted by molar-refractivity contribution is 0.292. The molecule has 2 aromatic rings. The molecule has 4 heteroatoms. The minimum absolute atomic E-state index is 0.632. The van der Waals surface area contributed by atoms with Crippen molar-refractivity contribution in [3.63, 3.8) is 0 Å². The lowest BCUT2D eigenvalue weighted by Gasteiger charge is -2.11. The zero-order valence-corrected chi connectivity index (χ0v) is 10.3. The molecule has 1 aliphatic heterocycles. The van der Waals surface area contributed by atoms with Gasteiger partial charge in [-0.3, -0.25) is 0 Å². The lowest BCUT2D eigenvalue weighted by atomic mass is 10.2. The number of hydrogen-bond acceptors (Lipinski definition) is 4. The molecule has 94 valence electrons. The number of benzene rings is 1. The summed E-state index contributed by atoms with van der Waals surface area (Å²) in [6, 6.07) is 6.58. The highest BCUT2D eigenvalue weighted by atomic mass is 16.5. The van der Waals surface area contributed by atoms with Crippen LogP contribution in [0.4, 0.5) is 0 Å². The van der Waals surface area contributed by atoms with Crippen molar-refractivity contribution >= 4 is 10.9 Å². The van der Waals surface area contributed by atoms with Crippen LogP contribution in [0, 0.1) is 0 Å². The van der Waals surface area contributed by atoms with Gasteiger partial charge in [-0.05, 0) is 37.9 Å². The summed E-state index contributed by atoms with van der Waals surface area (Å²) in [4.78, 5) is 8.22. The van der Waals surface area contributed by atoms with Gasteiger partial charge in [0.25, 0.3) is 0 Å². The first-order valence-corrected chi connectivity index (χ1v) is 6.48. The molecular formula is C14H17N3O. The van der Waals surface area contributed by atoms with Crippen LogP contribution in [0.15, 0.2) is 30.7 Å². The van der Waals surface area contributed by atoms with Crippen molar-refractivity contribution in [1.29, 1.82) is 0 Å². The molecule has 3 rings (SSSR count). The summed E-state index contributed by atoms with van der Waals surface area (Å²) < 4.78 is 5.78. The van der Waals surface area contributed by atoms with E-state index in [4.69, 9.17) is 4.74 Å². The summed E-state index contributed by atoms with van der Waals surface area (Å²) in [5.41, 5.74) is 0.932. The van der Waals surface area contributed by atoms with Crippen LogP contribution in [-0.2, 0) is 0 Å². The standard InChI is InChI=1S/C14H17N3O/c1-2-12(16-6-1)5-7-18-13-4-3-11-9-15-10-17-14(11)8-13/h3-4,8-10,12,16H,1-2,5-7H2. The number of ether oxygens (including phenoxy) is 1. The quantitative estimate of drug-likeness (QED) is 0.893. The number of aromatic nitrogens is 2. The van der Waals surface area contributed by atoms with Crippen LogP contribution in [-0.4, -0.2) is 29.2 Å². The SMILES string of the molecule is c1ncc2ccc(OCCC3CCCN3)cc2n1. The molecule has 0 spiro atoms. The number of nitrogens with zero attached hydrogens (tertiary/aromatic N) is 2. The average molecular weight is 243 g/mol. The zero-order chi connectivity index (χ0) is 12.2. The molecule has 0 aliphatic carbocycles. The molecule has 1 saturated heterocycles. The van der Waals surface area contributed by atoms with Gasteiger partial charge in [-0.2, -0.15) is 0 Å².